The number of hydrogen-bond acceptors (Lipinski definition) is 7. The normalized spacial score (nSPS) is 18.0. The van der Waals surface area contributed by atoms with Gasteiger partial charge < -0.3 is 15.6 Å². The third-order valence-electron chi connectivity index (χ3n) is 5.98. The molecule has 1 fully saturated rings. The van der Waals surface area contributed by atoms with Crippen LogP contribution in [0.25, 0.3) is 0 Å². The predicted octanol–water partition coefficient (Wildman–Crippen LogP) is 3.57. The van der Waals surface area contributed by atoms with Crippen molar-refractivity contribution in [2.45, 2.75) is 50.2 Å². The fraction of sp³-hybridized carbons (Fsp3) is 0.500. The van der Waals surface area contributed by atoms with Crippen molar-refractivity contribution >= 4 is 33.4 Å². The fourth-order valence-electron chi connectivity index (χ4n) is 4.14. The summed E-state index contributed by atoms with van der Waals surface area (Å²) in [6.07, 6.45) is 0.154. The van der Waals surface area contributed by atoms with Gasteiger partial charge in [-0.15, -0.1) is 0 Å². The molecule has 35 heavy (non-hydrogen) atoms. The number of carbonyl (C=O) groups excluding carboxylic acids is 1. The van der Waals surface area contributed by atoms with Crippen LogP contribution in [0, 0.1) is 11.8 Å². The Morgan fingerprint density at radius 2 is 1.83 bits per heavy atom. The Labute approximate surface area is 213 Å². The van der Waals surface area contributed by atoms with Crippen LogP contribution in [0.3, 0.4) is 0 Å². The second-order valence-corrected chi connectivity index (χ2v) is 12.6. The number of aliphatic hydroxyl groups excluding tert-OH is 1. The summed E-state index contributed by atoms with van der Waals surface area (Å²) in [7, 11) is -3.86. The second kappa shape index (κ2) is 12.8. The Morgan fingerprint density at radius 3 is 2.43 bits per heavy atom. The van der Waals surface area contributed by atoms with Gasteiger partial charge in [-0.3, -0.25) is 4.79 Å². The first-order valence-corrected chi connectivity index (χ1v) is 14.6. The summed E-state index contributed by atoms with van der Waals surface area (Å²) >= 11 is 1.76. The Balaban J connectivity index is 1.80. The molecule has 1 aliphatic rings. The third kappa shape index (κ3) is 8.24. The number of sulfonamides is 1. The highest BCUT2D eigenvalue weighted by Crippen LogP contribution is 2.25. The van der Waals surface area contributed by atoms with Crippen molar-refractivity contribution in [3.63, 3.8) is 0 Å². The van der Waals surface area contributed by atoms with Crippen LogP contribution in [0.5, 0.6) is 0 Å². The maximum Gasteiger partial charge on any atom is 0.306 e. The lowest BCUT2D eigenvalue weighted by molar-refractivity contribution is -0.150. The standard InChI is InChI=1S/C26H36N2O5S2/c1-19(2)16-28(35(31,32)24-10-8-22(27)9-11-24)17-25(29)21(14-20-6-4-3-5-7-20)15-26(30)33-23-12-13-34-18-23/h3-11,19,21,23,25,29H,12-18,27H2,1-2H3/t21-,23+,25-/m1/s1. The van der Waals surface area contributed by atoms with Gasteiger partial charge in [0.1, 0.15) is 6.10 Å². The van der Waals surface area contributed by atoms with Crippen molar-refractivity contribution in [1.29, 1.82) is 0 Å². The van der Waals surface area contributed by atoms with Crippen molar-refractivity contribution in [1.82, 2.24) is 4.31 Å². The van der Waals surface area contributed by atoms with Gasteiger partial charge in [0.2, 0.25) is 10.0 Å². The largest absolute Gasteiger partial charge is 0.461 e. The summed E-state index contributed by atoms with van der Waals surface area (Å²) in [6.45, 7) is 3.98. The molecule has 0 bridgehead atoms. The number of anilines is 1. The van der Waals surface area contributed by atoms with Gasteiger partial charge in [-0.05, 0) is 54.3 Å². The number of thioether (sulfide) groups is 1. The lowest BCUT2D eigenvalue weighted by Gasteiger charge is -2.30. The molecule has 2 aromatic rings. The van der Waals surface area contributed by atoms with Crippen molar-refractivity contribution in [3.8, 4) is 0 Å². The van der Waals surface area contributed by atoms with Crippen LogP contribution in [0.2, 0.25) is 0 Å². The molecule has 0 aliphatic carbocycles. The van der Waals surface area contributed by atoms with Gasteiger partial charge in [-0.1, -0.05) is 44.2 Å². The van der Waals surface area contributed by atoms with Crippen LogP contribution in [-0.2, 0) is 26.0 Å². The minimum absolute atomic E-state index is 0.0225. The quantitative estimate of drug-likeness (QED) is 0.325. The molecule has 3 N–H and O–H groups in total. The van der Waals surface area contributed by atoms with Gasteiger partial charge in [0.15, 0.2) is 0 Å². The number of nitrogens with zero attached hydrogens (tertiary/aromatic N) is 1. The van der Waals surface area contributed by atoms with E-state index in [1.807, 2.05) is 44.2 Å². The molecule has 0 saturated carbocycles. The van der Waals surface area contributed by atoms with E-state index in [9.17, 15) is 18.3 Å². The molecular weight excluding hydrogens is 484 g/mol. The van der Waals surface area contributed by atoms with E-state index in [1.54, 1.807) is 23.9 Å². The van der Waals surface area contributed by atoms with E-state index >= 15 is 0 Å². The van der Waals surface area contributed by atoms with Crippen molar-refractivity contribution in [2.75, 3.05) is 30.3 Å². The molecule has 0 amide bonds. The van der Waals surface area contributed by atoms with E-state index in [0.29, 0.717) is 12.1 Å². The molecule has 7 nitrogen and oxygen atoms in total. The number of hydrogen-bond donors (Lipinski definition) is 2. The predicted molar refractivity (Wildman–Crippen MR) is 141 cm³/mol. The van der Waals surface area contributed by atoms with Crippen molar-refractivity contribution in [3.05, 3.63) is 60.2 Å². The van der Waals surface area contributed by atoms with Gasteiger partial charge >= 0.3 is 5.97 Å². The number of esters is 1. The van der Waals surface area contributed by atoms with Crippen LogP contribution in [-0.4, -0.2) is 60.6 Å². The van der Waals surface area contributed by atoms with Gasteiger partial charge in [0.25, 0.3) is 0 Å². The number of rotatable bonds is 12. The minimum Gasteiger partial charge on any atom is -0.461 e. The lowest BCUT2D eigenvalue weighted by Crippen LogP contribution is -2.43. The molecule has 3 atom stereocenters. The van der Waals surface area contributed by atoms with Gasteiger partial charge in [-0.2, -0.15) is 16.1 Å². The van der Waals surface area contributed by atoms with Crippen LogP contribution >= 0.6 is 11.8 Å². The van der Waals surface area contributed by atoms with Crippen molar-refractivity contribution < 1.29 is 23.1 Å². The topological polar surface area (TPSA) is 110 Å². The number of ether oxygens (including phenoxy) is 1. The second-order valence-electron chi connectivity index (χ2n) is 9.48. The molecule has 192 valence electrons. The smallest absolute Gasteiger partial charge is 0.306 e. The molecule has 0 aromatic heterocycles. The van der Waals surface area contributed by atoms with E-state index in [0.717, 1.165) is 23.5 Å². The molecule has 2 aromatic carbocycles. The van der Waals surface area contributed by atoms with E-state index in [4.69, 9.17) is 10.5 Å². The highest BCUT2D eigenvalue weighted by atomic mass is 32.2. The molecule has 1 heterocycles. The molecule has 1 aliphatic heterocycles. The van der Waals surface area contributed by atoms with E-state index in [-0.39, 0.29) is 42.4 Å². The van der Waals surface area contributed by atoms with E-state index in [2.05, 4.69) is 0 Å². The number of nitrogen functional groups attached to an aromatic ring is 1. The Hall–Kier alpha value is -2.07. The van der Waals surface area contributed by atoms with Gasteiger partial charge in [0, 0.05) is 30.4 Å². The zero-order valence-electron chi connectivity index (χ0n) is 20.4. The molecule has 0 spiro atoms. The molecule has 0 unspecified atom stereocenters. The molecule has 3 rings (SSSR count). The van der Waals surface area contributed by atoms with Crippen LogP contribution < -0.4 is 5.73 Å². The summed E-state index contributed by atoms with van der Waals surface area (Å²) < 4.78 is 33.8. The van der Waals surface area contributed by atoms with E-state index < -0.39 is 22.0 Å². The zero-order valence-corrected chi connectivity index (χ0v) is 22.0. The monoisotopic (exact) mass is 520 g/mol. The van der Waals surface area contributed by atoms with Crippen LogP contribution in [0.1, 0.15) is 32.3 Å². The first kappa shape index (κ1) is 27.5. The molecule has 1 saturated heterocycles. The Kier molecular flexibility index (Phi) is 10.0. The number of benzene rings is 2. The van der Waals surface area contributed by atoms with Crippen LogP contribution in [0.4, 0.5) is 5.69 Å². The molecular formula is C26H36N2O5S2. The highest BCUT2D eigenvalue weighted by molar-refractivity contribution is 7.99. The van der Waals surface area contributed by atoms with Gasteiger partial charge in [-0.25, -0.2) is 8.42 Å². The van der Waals surface area contributed by atoms with Gasteiger partial charge in [0.05, 0.1) is 17.4 Å². The summed E-state index contributed by atoms with van der Waals surface area (Å²) in [4.78, 5) is 12.9. The molecule has 9 heteroatoms. The van der Waals surface area contributed by atoms with Crippen molar-refractivity contribution in [2.24, 2.45) is 11.8 Å². The molecule has 0 radical (unpaired) electrons. The maximum absolute atomic E-state index is 13.4. The minimum atomic E-state index is -3.86. The summed E-state index contributed by atoms with van der Waals surface area (Å²) in [5, 5.41) is 11.3. The zero-order chi connectivity index (χ0) is 25.4. The first-order valence-electron chi connectivity index (χ1n) is 12.0. The van der Waals surface area contributed by atoms with E-state index in [1.165, 1.54) is 16.4 Å². The number of aliphatic hydroxyl groups is 1. The van der Waals surface area contributed by atoms with Crippen LogP contribution in [0.15, 0.2) is 59.5 Å². The third-order valence-corrected chi connectivity index (χ3v) is 8.95. The fourth-order valence-corrected chi connectivity index (χ4v) is 6.86. The number of carbonyl (C=O) groups is 1. The maximum atomic E-state index is 13.4. The SMILES string of the molecule is CC(C)CN(C[C@@H](O)[C@@H](CC(=O)O[C@H]1CCSC1)Cc1ccccc1)S(=O)(=O)c1ccc(N)cc1. The number of nitrogens with two attached hydrogens (primary N) is 1. The Morgan fingerprint density at radius 1 is 1.14 bits per heavy atom. The Bertz CT molecular complexity index is 1040. The average Bonchev–Trinajstić information content (AvgIpc) is 3.31. The first-order chi connectivity index (χ1) is 16.6. The summed E-state index contributed by atoms with van der Waals surface area (Å²) in [5.41, 5.74) is 7.18. The average molecular weight is 521 g/mol. The summed E-state index contributed by atoms with van der Waals surface area (Å²) in [6, 6.07) is 15.6. The summed E-state index contributed by atoms with van der Waals surface area (Å²) in [5.74, 6) is 0.966. The lowest BCUT2D eigenvalue weighted by atomic mass is 9.90. The highest BCUT2D eigenvalue weighted by Gasteiger charge is 2.32.